The number of carbonyl (C=O) groups is 6. The van der Waals surface area contributed by atoms with Gasteiger partial charge in [-0.1, -0.05) is 32.0 Å². The molecule has 2 aromatic heterocycles. The molecule has 1 aliphatic rings. The Morgan fingerprint density at radius 2 is 1.62 bits per heavy atom. The first kappa shape index (κ1) is 40.1. The van der Waals surface area contributed by atoms with Crippen LogP contribution in [0.3, 0.4) is 0 Å². The fourth-order valence-corrected chi connectivity index (χ4v) is 7.22. The number of likely N-dealkylation sites (N-methyl/N-ethyl adjacent to an activating group) is 2. The third-order valence-electron chi connectivity index (χ3n) is 9.27. The van der Waals surface area contributed by atoms with E-state index in [4.69, 9.17) is 0 Å². The van der Waals surface area contributed by atoms with Crippen molar-refractivity contribution in [2.75, 3.05) is 40.3 Å². The Kier molecular flexibility index (Phi) is 13.0. The van der Waals surface area contributed by atoms with Gasteiger partial charge in [-0.25, -0.2) is 4.98 Å². The number of nitrogens with one attached hydrogen (secondary N) is 4. The summed E-state index contributed by atoms with van der Waals surface area (Å²) in [6, 6.07) is 12.9. The number of aromatic nitrogens is 2. The van der Waals surface area contributed by atoms with Crippen LogP contribution in [-0.4, -0.2) is 112 Å². The molecule has 2 aromatic carbocycles. The molecule has 15 nitrogen and oxygen atoms in total. The van der Waals surface area contributed by atoms with Crippen molar-refractivity contribution in [3.63, 3.8) is 0 Å². The summed E-state index contributed by atoms with van der Waals surface area (Å²) in [5.74, 6) is -3.04. The first-order chi connectivity index (χ1) is 26.2. The monoisotopic (exact) mass is 767 g/mol. The predicted molar refractivity (Wildman–Crippen MR) is 206 cm³/mol. The van der Waals surface area contributed by atoms with Crippen LogP contribution in [0.2, 0.25) is 0 Å². The van der Waals surface area contributed by atoms with Gasteiger partial charge in [0.15, 0.2) is 0 Å². The minimum Gasteiger partial charge on any atom is -0.361 e. The summed E-state index contributed by atoms with van der Waals surface area (Å²) in [6.07, 6.45) is 2.37. The number of benzene rings is 2. The standard InChI is InChI=1S/C39H45N9O6S/c1-23(2)16-30-36-45-32(22-55-36)35(51)44-31(17-27-19-41-29-9-7-6-8-28(27)29)39(54)47(5)20-33(49)42-24(3)37(52)46(4)14-15-48(21-34(50)43-30)38(53)26-12-10-25(18-40)11-13-26/h6-13,19,22-24,30-31,41H,14-17,20-21H2,1-5H3,(H,42,49)(H,43,50)(H,44,51)/t24-,30-,31+/m0/s1. The molecule has 288 valence electrons. The summed E-state index contributed by atoms with van der Waals surface area (Å²) in [6.45, 7) is 4.74. The predicted octanol–water partition coefficient (Wildman–Crippen LogP) is 2.62. The van der Waals surface area contributed by atoms with Gasteiger partial charge in [-0.3, -0.25) is 28.8 Å². The Morgan fingerprint density at radius 1 is 0.909 bits per heavy atom. The van der Waals surface area contributed by atoms with E-state index in [1.165, 1.54) is 71.3 Å². The maximum absolute atomic E-state index is 13.9. The molecule has 0 saturated carbocycles. The molecule has 4 aromatic rings. The van der Waals surface area contributed by atoms with Crippen LogP contribution < -0.4 is 16.0 Å². The quantitative estimate of drug-likeness (QED) is 0.238. The molecule has 0 fully saturated rings. The molecule has 0 radical (unpaired) electrons. The number of nitrogens with zero attached hydrogens (tertiary/aromatic N) is 5. The van der Waals surface area contributed by atoms with E-state index in [9.17, 15) is 34.0 Å². The van der Waals surface area contributed by atoms with Crippen molar-refractivity contribution in [1.82, 2.24) is 40.6 Å². The number of nitriles is 1. The van der Waals surface area contributed by atoms with Gasteiger partial charge in [-0.2, -0.15) is 5.26 Å². The molecule has 16 heteroatoms. The van der Waals surface area contributed by atoms with E-state index in [1.54, 1.807) is 11.6 Å². The molecule has 0 saturated heterocycles. The van der Waals surface area contributed by atoms with E-state index in [2.05, 4.69) is 25.9 Å². The average molecular weight is 768 g/mol. The first-order valence-corrected chi connectivity index (χ1v) is 18.8. The highest BCUT2D eigenvalue weighted by Crippen LogP contribution is 2.26. The van der Waals surface area contributed by atoms with Crippen molar-refractivity contribution >= 4 is 57.7 Å². The number of thiazole rings is 1. The highest BCUT2D eigenvalue weighted by molar-refractivity contribution is 7.09. The second kappa shape index (κ2) is 17.8. The van der Waals surface area contributed by atoms with Crippen molar-refractivity contribution in [3.8, 4) is 6.07 Å². The minimum absolute atomic E-state index is 0.0271. The molecular formula is C39H45N9O6S. The lowest BCUT2D eigenvalue weighted by atomic mass is 10.0. The third kappa shape index (κ3) is 10.1. The number of para-hydroxylation sites is 1. The van der Waals surface area contributed by atoms with Gasteiger partial charge >= 0.3 is 0 Å². The van der Waals surface area contributed by atoms with Crippen LogP contribution in [0.15, 0.2) is 60.1 Å². The van der Waals surface area contributed by atoms with Crippen LogP contribution in [0, 0.1) is 17.2 Å². The molecule has 3 atom stereocenters. The van der Waals surface area contributed by atoms with E-state index in [1.807, 2.05) is 44.2 Å². The van der Waals surface area contributed by atoms with Crippen LogP contribution in [0.5, 0.6) is 0 Å². The van der Waals surface area contributed by atoms with Gasteiger partial charge in [0.2, 0.25) is 23.6 Å². The number of H-pyrrole nitrogens is 1. The van der Waals surface area contributed by atoms with Crippen molar-refractivity contribution < 1.29 is 28.8 Å². The average Bonchev–Trinajstić information content (AvgIpc) is 3.82. The van der Waals surface area contributed by atoms with Gasteiger partial charge in [0.05, 0.1) is 30.8 Å². The second-order valence-corrected chi connectivity index (χ2v) is 15.0. The minimum atomic E-state index is -1.08. The molecule has 0 spiro atoms. The third-order valence-corrected chi connectivity index (χ3v) is 10.2. The molecule has 6 amide bonds. The lowest BCUT2D eigenvalue weighted by Crippen LogP contribution is -2.53. The topological polar surface area (TPSA) is 201 Å². The number of hydrogen-bond donors (Lipinski definition) is 4. The zero-order valence-corrected chi connectivity index (χ0v) is 32.2. The molecule has 3 heterocycles. The van der Waals surface area contributed by atoms with Crippen LogP contribution in [-0.2, 0) is 25.6 Å². The van der Waals surface area contributed by atoms with Crippen LogP contribution in [0.1, 0.15) is 70.2 Å². The molecule has 0 unspecified atom stereocenters. The summed E-state index contributed by atoms with van der Waals surface area (Å²) < 4.78 is 0. The number of carbonyl (C=O) groups excluding carboxylic acids is 6. The number of rotatable bonds is 5. The van der Waals surface area contributed by atoms with Gasteiger partial charge in [-0.05, 0) is 55.2 Å². The molecule has 1 aliphatic heterocycles. The highest BCUT2D eigenvalue weighted by Gasteiger charge is 2.30. The lowest BCUT2D eigenvalue weighted by molar-refractivity contribution is -0.138. The number of fused-ring (bicyclic) bond motifs is 3. The summed E-state index contributed by atoms with van der Waals surface area (Å²) >= 11 is 1.19. The summed E-state index contributed by atoms with van der Waals surface area (Å²) in [5.41, 5.74) is 2.32. The maximum Gasteiger partial charge on any atom is 0.271 e. The normalized spacial score (nSPS) is 19.8. The van der Waals surface area contributed by atoms with Gasteiger partial charge in [0.1, 0.15) is 22.8 Å². The Labute approximate surface area is 323 Å². The van der Waals surface area contributed by atoms with Crippen molar-refractivity contribution in [2.24, 2.45) is 5.92 Å². The summed E-state index contributed by atoms with van der Waals surface area (Å²) in [7, 11) is 2.97. The molecule has 0 aliphatic carbocycles. The molecular weight excluding hydrogens is 723 g/mol. The SMILES string of the molecule is CC(C)C[C@@H]1NC(=O)CN(C(=O)c2ccc(C#N)cc2)CCN(C)C(=O)[C@H](C)NC(=O)CN(C)C(=O)[C@@H](Cc2c[nH]c3ccccc23)NC(=O)c2csc1n2. The highest BCUT2D eigenvalue weighted by atomic mass is 32.1. The Morgan fingerprint density at radius 3 is 2.33 bits per heavy atom. The van der Waals surface area contributed by atoms with Crippen LogP contribution >= 0.6 is 11.3 Å². The van der Waals surface area contributed by atoms with Crippen molar-refractivity contribution in [1.29, 1.82) is 5.26 Å². The van der Waals surface area contributed by atoms with Crippen molar-refractivity contribution in [3.05, 3.63) is 87.5 Å². The van der Waals surface area contributed by atoms with Gasteiger partial charge < -0.3 is 35.6 Å². The van der Waals surface area contributed by atoms with E-state index < -0.39 is 60.1 Å². The van der Waals surface area contributed by atoms with Gasteiger partial charge in [-0.15, -0.1) is 11.3 Å². The summed E-state index contributed by atoms with van der Waals surface area (Å²) in [4.78, 5) is 93.3. The fourth-order valence-electron chi connectivity index (χ4n) is 6.35. The van der Waals surface area contributed by atoms with E-state index in [0.29, 0.717) is 17.0 Å². The van der Waals surface area contributed by atoms with Crippen LogP contribution in [0.4, 0.5) is 0 Å². The smallest absolute Gasteiger partial charge is 0.271 e. The van der Waals surface area contributed by atoms with Crippen molar-refractivity contribution in [2.45, 2.75) is 51.7 Å². The van der Waals surface area contributed by atoms with E-state index in [-0.39, 0.29) is 43.2 Å². The number of amides is 6. The molecule has 4 N–H and O–H groups in total. The summed E-state index contributed by atoms with van der Waals surface area (Å²) in [5, 5.41) is 20.6. The molecule has 55 heavy (non-hydrogen) atoms. The van der Waals surface area contributed by atoms with E-state index in [0.717, 1.165) is 16.5 Å². The second-order valence-electron chi connectivity index (χ2n) is 14.1. The Bertz CT molecular complexity index is 2100. The number of hydrogen-bond acceptors (Lipinski definition) is 9. The first-order valence-electron chi connectivity index (χ1n) is 17.9. The zero-order chi connectivity index (χ0) is 39.8. The Balaban J connectivity index is 1.47. The van der Waals surface area contributed by atoms with Gasteiger partial charge in [0.25, 0.3) is 11.8 Å². The maximum atomic E-state index is 13.9. The van der Waals surface area contributed by atoms with E-state index >= 15 is 0 Å². The number of aromatic amines is 1. The fraction of sp³-hybridized carbons (Fsp3) is 0.385. The Hall–Kier alpha value is -6.08. The lowest BCUT2D eigenvalue weighted by Gasteiger charge is -2.28. The van der Waals surface area contributed by atoms with Gasteiger partial charge in [0, 0.05) is 61.6 Å². The largest absolute Gasteiger partial charge is 0.361 e. The molecule has 2 bridgehead atoms. The van der Waals surface area contributed by atoms with Crippen LogP contribution in [0.25, 0.3) is 10.9 Å². The zero-order valence-electron chi connectivity index (χ0n) is 31.4. The molecule has 5 rings (SSSR count).